The van der Waals surface area contributed by atoms with Gasteiger partial charge in [0.1, 0.15) is 17.5 Å². The van der Waals surface area contributed by atoms with Crippen molar-refractivity contribution >= 4 is 23.3 Å². The quantitative estimate of drug-likeness (QED) is 0.899. The van der Waals surface area contributed by atoms with E-state index in [-0.39, 0.29) is 11.9 Å². The van der Waals surface area contributed by atoms with Crippen molar-refractivity contribution in [3.63, 3.8) is 0 Å². The number of nitrogens with one attached hydrogen (secondary N) is 1. The summed E-state index contributed by atoms with van der Waals surface area (Å²) in [6.07, 6.45) is 0. The summed E-state index contributed by atoms with van der Waals surface area (Å²) in [6.45, 7) is 2.61. The Bertz CT molecular complexity index is 822. The van der Waals surface area contributed by atoms with Gasteiger partial charge in [0, 0.05) is 30.5 Å². The number of benzene rings is 2. The number of nitrogens with zero attached hydrogens (tertiary/aromatic N) is 2. The molecule has 1 fully saturated rings. The molecule has 7 nitrogen and oxygen atoms in total. The van der Waals surface area contributed by atoms with Crippen LogP contribution in [0.1, 0.15) is 6.92 Å². The Kier molecular flexibility index (Phi) is 5.49. The molecule has 27 heavy (non-hydrogen) atoms. The van der Waals surface area contributed by atoms with Gasteiger partial charge in [0.05, 0.1) is 14.2 Å². The molecule has 1 saturated heterocycles. The van der Waals surface area contributed by atoms with Crippen LogP contribution in [0.5, 0.6) is 11.5 Å². The molecule has 1 aliphatic heterocycles. The Balaban J connectivity index is 1.68. The summed E-state index contributed by atoms with van der Waals surface area (Å²) in [5.74, 6) is 1.27. The van der Waals surface area contributed by atoms with E-state index in [1.165, 1.54) is 0 Å². The first-order valence-corrected chi connectivity index (χ1v) is 8.70. The summed E-state index contributed by atoms with van der Waals surface area (Å²) < 4.78 is 10.3. The number of hydrogen-bond acceptors (Lipinski definition) is 4. The first-order chi connectivity index (χ1) is 13.0. The normalized spacial score (nSPS) is 16.9. The van der Waals surface area contributed by atoms with Crippen molar-refractivity contribution in [3.05, 3.63) is 48.5 Å². The Morgan fingerprint density at radius 2 is 1.74 bits per heavy atom. The van der Waals surface area contributed by atoms with Crippen LogP contribution in [0.25, 0.3) is 0 Å². The fourth-order valence-electron chi connectivity index (χ4n) is 3.06. The number of amides is 3. The third-order valence-corrected chi connectivity index (χ3v) is 4.62. The standard InChI is InChI=1S/C20H23N3O4/c1-14-19(24)23(16-7-9-17(26-2)10-8-16)12-11-22(14)20(25)21-15-5-4-6-18(13-15)27-3/h4-10,13-14H,11-12H2,1-3H3,(H,21,25). The van der Waals surface area contributed by atoms with Crippen molar-refractivity contribution in [1.82, 2.24) is 4.90 Å². The zero-order valence-corrected chi connectivity index (χ0v) is 15.6. The molecule has 3 amide bonds. The van der Waals surface area contributed by atoms with Gasteiger partial charge in [0.2, 0.25) is 5.91 Å². The minimum Gasteiger partial charge on any atom is -0.497 e. The molecule has 0 bridgehead atoms. The lowest BCUT2D eigenvalue weighted by atomic mass is 10.1. The van der Waals surface area contributed by atoms with Gasteiger partial charge in [0.25, 0.3) is 0 Å². The maximum absolute atomic E-state index is 12.8. The molecule has 0 spiro atoms. The molecule has 142 valence electrons. The predicted octanol–water partition coefficient (Wildman–Crippen LogP) is 2.97. The van der Waals surface area contributed by atoms with Crippen molar-refractivity contribution in [1.29, 1.82) is 0 Å². The monoisotopic (exact) mass is 369 g/mol. The second-order valence-electron chi connectivity index (χ2n) is 6.22. The van der Waals surface area contributed by atoms with Crippen molar-refractivity contribution in [2.24, 2.45) is 0 Å². The molecule has 0 aromatic heterocycles. The van der Waals surface area contributed by atoms with Gasteiger partial charge in [-0.05, 0) is 43.3 Å². The molecule has 0 aliphatic carbocycles. The third-order valence-electron chi connectivity index (χ3n) is 4.62. The highest BCUT2D eigenvalue weighted by atomic mass is 16.5. The number of urea groups is 1. The minimum absolute atomic E-state index is 0.118. The first-order valence-electron chi connectivity index (χ1n) is 8.70. The average molecular weight is 369 g/mol. The van der Waals surface area contributed by atoms with Gasteiger partial charge in [0.15, 0.2) is 0 Å². The molecule has 1 heterocycles. The molecule has 1 atom stereocenters. The van der Waals surface area contributed by atoms with E-state index >= 15 is 0 Å². The van der Waals surface area contributed by atoms with Crippen LogP contribution in [-0.2, 0) is 4.79 Å². The number of ether oxygens (including phenoxy) is 2. The highest BCUT2D eigenvalue weighted by Crippen LogP contribution is 2.24. The minimum atomic E-state index is -0.563. The number of hydrogen-bond donors (Lipinski definition) is 1. The van der Waals surface area contributed by atoms with Crippen molar-refractivity contribution < 1.29 is 19.1 Å². The van der Waals surface area contributed by atoms with Crippen LogP contribution < -0.4 is 19.7 Å². The number of piperazine rings is 1. The Morgan fingerprint density at radius 3 is 2.41 bits per heavy atom. The Morgan fingerprint density at radius 1 is 1.04 bits per heavy atom. The number of rotatable bonds is 4. The lowest BCUT2D eigenvalue weighted by molar-refractivity contribution is -0.123. The van der Waals surface area contributed by atoms with Gasteiger partial charge in [-0.15, -0.1) is 0 Å². The van der Waals surface area contributed by atoms with Gasteiger partial charge >= 0.3 is 6.03 Å². The summed E-state index contributed by atoms with van der Waals surface area (Å²) in [5.41, 5.74) is 1.41. The van der Waals surface area contributed by atoms with E-state index in [1.54, 1.807) is 55.2 Å². The summed E-state index contributed by atoms with van der Waals surface area (Å²) in [7, 11) is 3.17. The Hall–Kier alpha value is -3.22. The summed E-state index contributed by atoms with van der Waals surface area (Å²) in [4.78, 5) is 28.7. The van der Waals surface area contributed by atoms with Crippen LogP contribution in [0.15, 0.2) is 48.5 Å². The van der Waals surface area contributed by atoms with Gasteiger partial charge < -0.3 is 24.6 Å². The second-order valence-corrected chi connectivity index (χ2v) is 6.22. The van der Waals surface area contributed by atoms with E-state index in [0.717, 1.165) is 11.4 Å². The molecular weight excluding hydrogens is 346 g/mol. The zero-order chi connectivity index (χ0) is 19.4. The molecule has 7 heteroatoms. The van der Waals surface area contributed by atoms with Gasteiger partial charge in [-0.3, -0.25) is 4.79 Å². The van der Waals surface area contributed by atoms with Gasteiger partial charge in [-0.2, -0.15) is 0 Å². The molecule has 1 unspecified atom stereocenters. The van der Waals surface area contributed by atoms with Gasteiger partial charge in [-0.25, -0.2) is 4.79 Å². The zero-order valence-electron chi connectivity index (χ0n) is 15.6. The second kappa shape index (κ2) is 7.99. The van der Waals surface area contributed by atoms with Crippen molar-refractivity contribution in [3.8, 4) is 11.5 Å². The van der Waals surface area contributed by atoms with E-state index in [0.29, 0.717) is 24.5 Å². The molecule has 0 radical (unpaired) electrons. The molecule has 1 aliphatic rings. The number of methoxy groups -OCH3 is 2. The topological polar surface area (TPSA) is 71.1 Å². The van der Waals surface area contributed by atoms with Crippen LogP contribution in [-0.4, -0.2) is 50.2 Å². The van der Waals surface area contributed by atoms with Crippen molar-refractivity contribution in [2.45, 2.75) is 13.0 Å². The SMILES string of the molecule is COc1ccc(N2CCN(C(=O)Nc3cccc(OC)c3)C(C)C2=O)cc1. The van der Waals surface area contributed by atoms with E-state index in [9.17, 15) is 9.59 Å². The van der Waals surface area contributed by atoms with E-state index in [4.69, 9.17) is 9.47 Å². The maximum Gasteiger partial charge on any atom is 0.322 e. The molecule has 2 aromatic carbocycles. The largest absolute Gasteiger partial charge is 0.497 e. The molecule has 0 saturated carbocycles. The highest BCUT2D eigenvalue weighted by molar-refractivity contribution is 6.01. The number of carbonyl (C=O) groups is 2. The van der Waals surface area contributed by atoms with Crippen molar-refractivity contribution in [2.75, 3.05) is 37.5 Å². The maximum atomic E-state index is 12.8. The highest BCUT2D eigenvalue weighted by Gasteiger charge is 2.35. The lowest BCUT2D eigenvalue weighted by Gasteiger charge is -2.39. The molecule has 3 rings (SSSR count). The summed E-state index contributed by atoms with van der Waals surface area (Å²) in [5, 5.41) is 2.83. The summed E-state index contributed by atoms with van der Waals surface area (Å²) >= 11 is 0. The third kappa shape index (κ3) is 3.97. The summed E-state index contributed by atoms with van der Waals surface area (Å²) in [6, 6.07) is 13.6. The lowest BCUT2D eigenvalue weighted by Crippen LogP contribution is -2.58. The van der Waals surface area contributed by atoms with Crippen LogP contribution >= 0.6 is 0 Å². The van der Waals surface area contributed by atoms with Crippen LogP contribution in [0.4, 0.5) is 16.2 Å². The number of anilines is 2. The molecular formula is C20H23N3O4. The van der Waals surface area contributed by atoms with Crippen LogP contribution in [0.2, 0.25) is 0 Å². The Labute approximate surface area is 158 Å². The number of carbonyl (C=O) groups excluding carboxylic acids is 2. The van der Waals surface area contributed by atoms with E-state index in [2.05, 4.69) is 5.32 Å². The smallest absolute Gasteiger partial charge is 0.322 e. The average Bonchev–Trinajstić information content (AvgIpc) is 2.70. The molecule has 2 aromatic rings. The fraction of sp³-hybridized carbons (Fsp3) is 0.300. The predicted molar refractivity (Wildman–Crippen MR) is 104 cm³/mol. The fourth-order valence-corrected chi connectivity index (χ4v) is 3.06. The van der Waals surface area contributed by atoms with E-state index < -0.39 is 6.04 Å². The first kappa shape index (κ1) is 18.6. The molecule has 1 N–H and O–H groups in total. The van der Waals surface area contributed by atoms with E-state index in [1.807, 2.05) is 24.3 Å². The van der Waals surface area contributed by atoms with Crippen LogP contribution in [0.3, 0.4) is 0 Å². The van der Waals surface area contributed by atoms with Gasteiger partial charge in [-0.1, -0.05) is 6.07 Å². The van der Waals surface area contributed by atoms with Crippen LogP contribution in [0, 0.1) is 0 Å².